The van der Waals surface area contributed by atoms with Crippen LogP contribution in [0.1, 0.15) is 5.69 Å². The maximum atomic E-state index is 12.9. The smallest absolute Gasteiger partial charge is 0.294 e. The Bertz CT molecular complexity index is 853. The van der Waals surface area contributed by atoms with Crippen LogP contribution in [0.25, 0.3) is 6.08 Å². The molecule has 25 heavy (non-hydrogen) atoms. The number of nitrogens with one attached hydrogen (secondary N) is 1. The van der Waals surface area contributed by atoms with Crippen LogP contribution in [0, 0.1) is 5.82 Å². The van der Waals surface area contributed by atoms with Crippen LogP contribution in [0.3, 0.4) is 0 Å². The molecule has 1 aromatic heterocycles. The number of carbonyl (C=O) groups excluding carboxylic acids is 3. The molecular formula is C17H12FN3O3S. The SMILES string of the molecule is O=C(CN1C(=O)S/C(=C\c2ccccn2)C1=O)Nc1ccc(F)cc1. The molecule has 0 unspecified atom stereocenters. The largest absolute Gasteiger partial charge is 0.325 e. The number of halogens is 1. The molecule has 1 fully saturated rings. The lowest BCUT2D eigenvalue weighted by Crippen LogP contribution is -2.36. The molecule has 0 atom stereocenters. The zero-order chi connectivity index (χ0) is 17.8. The Labute approximate surface area is 146 Å². The number of pyridine rings is 1. The Balaban J connectivity index is 1.67. The van der Waals surface area contributed by atoms with Gasteiger partial charge in [0.1, 0.15) is 12.4 Å². The van der Waals surface area contributed by atoms with Gasteiger partial charge in [-0.05, 0) is 54.2 Å². The van der Waals surface area contributed by atoms with Gasteiger partial charge in [0.05, 0.1) is 10.6 Å². The number of aromatic nitrogens is 1. The van der Waals surface area contributed by atoms with E-state index in [0.717, 1.165) is 16.7 Å². The van der Waals surface area contributed by atoms with Gasteiger partial charge in [0, 0.05) is 11.9 Å². The molecule has 8 heteroatoms. The van der Waals surface area contributed by atoms with E-state index in [2.05, 4.69) is 10.3 Å². The number of benzene rings is 1. The highest BCUT2D eigenvalue weighted by Gasteiger charge is 2.36. The molecule has 1 aliphatic heterocycles. The van der Waals surface area contributed by atoms with Gasteiger partial charge < -0.3 is 5.32 Å². The fourth-order valence-electron chi connectivity index (χ4n) is 2.11. The minimum atomic E-state index is -0.548. The molecule has 0 saturated carbocycles. The van der Waals surface area contributed by atoms with Gasteiger partial charge in [0.15, 0.2) is 0 Å². The van der Waals surface area contributed by atoms with E-state index >= 15 is 0 Å². The molecule has 6 nitrogen and oxygen atoms in total. The summed E-state index contributed by atoms with van der Waals surface area (Å²) < 4.78 is 12.9. The summed E-state index contributed by atoms with van der Waals surface area (Å²) in [5, 5.41) is 1.98. The second-order valence-corrected chi connectivity index (χ2v) is 6.07. The lowest BCUT2D eigenvalue weighted by molar-refractivity contribution is -0.127. The van der Waals surface area contributed by atoms with Crippen molar-refractivity contribution in [1.29, 1.82) is 0 Å². The van der Waals surface area contributed by atoms with Gasteiger partial charge in [-0.2, -0.15) is 0 Å². The van der Waals surface area contributed by atoms with E-state index in [1.165, 1.54) is 30.3 Å². The average molecular weight is 357 g/mol. The molecule has 2 aromatic rings. The summed E-state index contributed by atoms with van der Waals surface area (Å²) in [4.78, 5) is 41.5. The van der Waals surface area contributed by atoms with Crippen molar-refractivity contribution >= 4 is 40.6 Å². The second kappa shape index (κ2) is 7.27. The maximum Gasteiger partial charge on any atom is 0.294 e. The Kier molecular flexibility index (Phi) is 4.90. The van der Waals surface area contributed by atoms with Gasteiger partial charge in [-0.25, -0.2) is 4.39 Å². The molecule has 3 rings (SSSR count). The fourth-order valence-corrected chi connectivity index (χ4v) is 2.93. The van der Waals surface area contributed by atoms with E-state index in [9.17, 15) is 18.8 Å². The van der Waals surface area contributed by atoms with Gasteiger partial charge >= 0.3 is 0 Å². The van der Waals surface area contributed by atoms with Crippen molar-refractivity contribution in [3.63, 3.8) is 0 Å². The third-order valence-corrected chi connectivity index (χ3v) is 4.18. The Morgan fingerprint density at radius 2 is 1.96 bits per heavy atom. The number of hydrogen-bond donors (Lipinski definition) is 1. The van der Waals surface area contributed by atoms with Crippen LogP contribution >= 0.6 is 11.8 Å². The summed E-state index contributed by atoms with van der Waals surface area (Å²) in [7, 11) is 0. The van der Waals surface area contributed by atoms with Crippen molar-refractivity contribution in [1.82, 2.24) is 9.88 Å². The van der Waals surface area contributed by atoms with E-state index in [0.29, 0.717) is 11.4 Å². The first-order valence-corrected chi connectivity index (χ1v) is 8.06. The normalized spacial score (nSPS) is 15.7. The molecule has 0 spiro atoms. The van der Waals surface area contributed by atoms with Gasteiger partial charge in [-0.3, -0.25) is 24.3 Å². The third-order valence-electron chi connectivity index (χ3n) is 3.27. The summed E-state index contributed by atoms with van der Waals surface area (Å²) >= 11 is 0.756. The minimum absolute atomic E-state index is 0.207. The van der Waals surface area contributed by atoms with Gasteiger partial charge in [0.25, 0.3) is 11.1 Å². The minimum Gasteiger partial charge on any atom is -0.325 e. The average Bonchev–Trinajstić information content (AvgIpc) is 2.85. The molecular weight excluding hydrogens is 345 g/mol. The summed E-state index contributed by atoms with van der Waals surface area (Å²) in [6.07, 6.45) is 3.08. The van der Waals surface area contributed by atoms with Crippen LogP contribution in [0.4, 0.5) is 14.9 Å². The van der Waals surface area contributed by atoms with Crippen LogP contribution in [0.2, 0.25) is 0 Å². The number of carbonyl (C=O) groups is 3. The number of anilines is 1. The van der Waals surface area contributed by atoms with Crippen molar-refractivity contribution in [2.75, 3.05) is 11.9 Å². The fraction of sp³-hybridized carbons (Fsp3) is 0.0588. The molecule has 2 heterocycles. The van der Waals surface area contributed by atoms with Gasteiger partial charge in [-0.1, -0.05) is 6.07 Å². The van der Waals surface area contributed by atoms with Gasteiger partial charge in [-0.15, -0.1) is 0 Å². The van der Waals surface area contributed by atoms with Crippen LogP contribution in [-0.2, 0) is 9.59 Å². The standard InChI is InChI=1S/C17H12FN3O3S/c18-11-4-6-12(7-5-11)20-15(22)10-21-16(23)14(25-17(21)24)9-13-3-1-2-8-19-13/h1-9H,10H2,(H,20,22)/b14-9-. The van der Waals surface area contributed by atoms with Crippen LogP contribution in [0.5, 0.6) is 0 Å². The topological polar surface area (TPSA) is 79.4 Å². The highest BCUT2D eigenvalue weighted by molar-refractivity contribution is 8.18. The first-order chi connectivity index (χ1) is 12.0. The quantitative estimate of drug-likeness (QED) is 0.851. The van der Waals surface area contributed by atoms with Gasteiger partial charge in [0.2, 0.25) is 5.91 Å². The number of imide groups is 1. The number of nitrogens with zero attached hydrogens (tertiary/aromatic N) is 2. The highest BCUT2D eigenvalue weighted by Crippen LogP contribution is 2.31. The molecule has 0 radical (unpaired) electrons. The predicted molar refractivity (Wildman–Crippen MR) is 91.9 cm³/mol. The molecule has 1 saturated heterocycles. The van der Waals surface area contributed by atoms with Crippen LogP contribution in [0.15, 0.2) is 53.6 Å². The van der Waals surface area contributed by atoms with Crippen LogP contribution < -0.4 is 5.32 Å². The first kappa shape index (κ1) is 16.8. The highest BCUT2D eigenvalue weighted by atomic mass is 32.2. The zero-order valence-corrected chi connectivity index (χ0v) is 13.6. The Morgan fingerprint density at radius 3 is 2.64 bits per heavy atom. The van der Waals surface area contributed by atoms with Crippen LogP contribution in [-0.4, -0.2) is 33.5 Å². The maximum absolute atomic E-state index is 12.9. The van der Waals surface area contributed by atoms with E-state index < -0.39 is 29.4 Å². The Morgan fingerprint density at radius 1 is 1.20 bits per heavy atom. The second-order valence-electron chi connectivity index (χ2n) is 5.08. The molecule has 0 bridgehead atoms. The molecule has 1 N–H and O–H groups in total. The summed E-state index contributed by atoms with van der Waals surface area (Å²) in [6, 6.07) is 10.4. The van der Waals surface area contributed by atoms with Crippen molar-refractivity contribution in [3.05, 3.63) is 65.1 Å². The Hall–Kier alpha value is -3.00. The zero-order valence-electron chi connectivity index (χ0n) is 12.8. The van der Waals surface area contributed by atoms with E-state index in [1.54, 1.807) is 24.4 Å². The van der Waals surface area contributed by atoms with E-state index in [1.807, 2.05) is 0 Å². The summed E-state index contributed by atoms with van der Waals surface area (Å²) in [5.41, 5.74) is 0.922. The first-order valence-electron chi connectivity index (χ1n) is 7.25. The van der Waals surface area contributed by atoms with Crippen molar-refractivity contribution in [2.24, 2.45) is 0 Å². The molecule has 3 amide bonds. The number of amides is 3. The van der Waals surface area contributed by atoms with Crippen molar-refractivity contribution in [2.45, 2.75) is 0 Å². The molecule has 0 aliphatic carbocycles. The van der Waals surface area contributed by atoms with E-state index in [-0.39, 0.29) is 4.91 Å². The third kappa shape index (κ3) is 4.10. The summed E-state index contributed by atoms with van der Waals surface area (Å²) in [5.74, 6) is -1.52. The monoisotopic (exact) mass is 357 g/mol. The molecule has 1 aliphatic rings. The predicted octanol–water partition coefficient (Wildman–Crippen LogP) is 2.90. The van der Waals surface area contributed by atoms with Crippen molar-refractivity contribution < 1.29 is 18.8 Å². The van der Waals surface area contributed by atoms with Crippen molar-refractivity contribution in [3.8, 4) is 0 Å². The molecule has 1 aromatic carbocycles. The lowest BCUT2D eigenvalue weighted by atomic mass is 10.3. The van der Waals surface area contributed by atoms with E-state index in [4.69, 9.17) is 0 Å². The number of thioether (sulfide) groups is 1. The lowest BCUT2D eigenvalue weighted by Gasteiger charge is -2.12. The number of rotatable bonds is 4. The summed E-state index contributed by atoms with van der Waals surface area (Å²) in [6.45, 7) is -0.415. The number of hydrogen-bond acceptors (Lipinski definition) is 5. The molecule has 126 valence electrons.